The first-order valence-corrected chi connectivity index (χ1v) is 6.53. The molecule has 1 aromatic heterocycles. The Morgan fingerprint density at radius 2 is 1.89 bits per heavy atom. The average molecular weight is 262 g/mol. The van der Waals surface area contributed by atoms with E-state index in [1.54, 1.807) is 12.4 Å². The van der Waals surface area contributed by atoms with Crippen molar-refractivity contribution in [3.63, 3.8) is 0 Å². The Morgan fingerprint density at radius 1 is 1.26 bits per heavy atom. The predicted molar refractivity (Wildman–Crippen MR) is 69.5 cm³/mol. The zero-order valence-electron chi connectivity index (χ0n) is 10.8. The highest BCUT2D eigenvalue weighted by molar-refractivity contribution is 5.78. The molecule has 2 rings (SSSR count). The van der Waals surface area contributed by atoms with Crippen molar-refractivity contribution in [1.29, 1.82) is 0 Å². The van der Waals surface area contributed by atoms with Crippen molar-refractivity contribution < 1.29 is 14.7 Å². The summed E-state index contributed by atoms with van der Waals surface area (Å²) in [4.78, 5) is 28.5. The van der Waals surface area contributed by atoms with E-state index in [1.807, 2.05) is 17.0 Å². The van der Waals surface area contributed by atoms with Crippen LogP contribution in [-0.4, -0.2) is 40.0 Å². The van der Waals surface area contributed by atoms with Crippen molar-refractivity contribution in [3.05, 3.63) is 30.1 Å². The molecule has 0 spiro atoms. The molecular weight excluding hydrogens is 244 g/mol. The SMILES string of the molecule is O=C(O)CC1CCN(C(=O)Cc2ccncc2)CC1. The van der Waals surface area contributed by atoms with Gasteiger partial charge in [-0.15, -0.1) is 0 Å². The number of aromatic nitrogens is 1. The highest BCUT2D eigenvalue weighted by Crippen LogP contribution is 2.20. The van der Waals surface area contributed by atoms with Crippen LogP contribution in [0.4, 0.5) is 0 Å². The van der Waals surface area contributed by atoms with Crippen LogP contribution in [-0.2, 0) is 16.0 Å². The monoisotopic (exact) mass is 262 g/mol. The van der Waals surface area contributed by atoms with E-state index in [1.165, 1.54) is 0 Å². The van der Waals surface area contributed by atoms with Crippen LogP contribution in [0.15, 0.2) is 24.5 Å². The van der Waals surface area contributed by atoms with Crippen molar-refractivity contribution in [2.24, 2.45) is 5.92 Å². The summed E-state index contributed by atoms with van der Waals surface area (Å²) in [5.74, 6) is -0.427. The van der Waals surface area contributed by atoms with Crippen LogP contribution < -0.4 is 0 Å². The number of carboxylic acids is 1. The summed E-state index contributed by atoms with van der Waals surface area (Å²) in [6, 6.07) is 3.68. The highest BCUT2D eigenvalue weighted by atomic mass is 16.4. The van der Waals surface area contributed by atoms with Gasteiger partial charge in [-0.2, -0.15) is 0 Å². The first-order valence-electron chi connectivity index (χ1n) is 6.53. The molecule has 1 saturated heterocycles. The predicted octanol–water partition coefficient (Wildman–Crippen LogP) is 1.34. The van der Waals surface area contributed by atoms with Crippen molar-refractivity contribution in [2.45, 2.75) is 25.7 Å². The van der Waals surface area contributed by atoms with E-state index < -0.39 is 5.97 Å². The number of carbonyl (C=O) groups is 2. The second-order valence-corrected chi connectivity index (χ2v) is 4.95. The second kappa shape index (κ2) is 6.31. The third kappa shape index (κ3) is 4.05. The Kier molecular flexibility index (Phi) is 4.49. The molecule has 5 nitrogen and oxygen atoms in total. The van der Waals surface area contributed by atoms with Crippen molar-refractivity contribution in [2.75, 3.05) is 13.1 Å². The fourth-order valence-electron chi connectivity index (χ4n) is 2.42. The summed E-state index contributed by atoms with van der Waals surface area (Å²) in [6.07, 6.45) is 5.55. The zero-order valence-corrected chi connectivity index (χ0v) is 10.8. The Labute approximate surface area is 112 Å². The fraction of sp³-hybridized carbons (Fsp3) is 0.500. The number of likely N-dealkylation sites (tertiary alicyclic amines) is 1. The number of carboxylic acid groups (broad SMARTS) is 1. The fourth-order valence-corrected chi connectivity index (χ4v) is 2.42. The number of piperidine rings is 1. The van der Waals surface area contributed by atoms with Gasteiger partial charge in [-0.3, -0.25) is 14.6 Å². The zero-order chi connectivity index (χ0) is 13.7. The van der Waals surface area contributed by atoms with Crippen LogP contribution in [0.2, 0.25) is 0 Å². The van der Waals surface area contributed by atoms with Gasteiger partial charge in [0.1, 0.15) is 0 Å². The third-order valence-corrected chi connectivity index (χ3v) is 3.54. The number of amides is 1. The van der Waals surface area contributed by atoms with Gasteiger partial charge in [0.05, 0.1) is 6.42 Å². The number of nitrogens with zero attached hydrogens (tertiary/aromatic N) is 2. The smallest absolute Gasteiger partial charge is 0.303 e. The van der Waals surface area contributed by atoms with E-state index >= 15 is 0 Å². The maximum absolute atomic E-state index is 12.1. The number of aliphatic carboxylic acids is 1. The minimum absolute atomic E-state index is 0.111. The molecule has 0 bridgehead atoms. The molecule has 1 amide bonds. The number of carbonyl (C=O) groups excluding carboxylic acids is 1. The Balaban J connectivity index is 1.81. The van der Waals surface area contributed by atoms with E-state index in [0.29, 0.717) is 19.5 Å². The van der Waals surface area contributed by atoms with Crippen molar-refractivity contribution in [3.8, 4) is 0 Å². The molecule has 102 valence electrons. The van der Waals surface area contributed by atoms with Crippen LogP contribution in [0.25, 0.3) is 0 Å². The van der Waals surface area contributed by atoms with Gasteiger partial charge in [0, 0.05) is 31.9 Å². The highest BCUT2D eigenvalue weighted by Gasteiger charge is 2.24. The van der Waals surface area contributed by atoms with Gasteiger partial charge in [0.25, 0.3) is 0 Å². The van der Waals surface area contributed by atoms with E-state index in [-0.39, 0.29) is 18.2 Å². The lowest BCUT2D eigenvalue weighted by Gasteiger charge is -2.31. The minimum Gasteiger partial charge on any atom is -0.481 e. The third-order valence-electron chi connectivity index (χ3n) is 3.54. The van der Waals surface area contributed by atoms with Crippen LogP contribution in [0.1, 0.15) is 24.8 Å². The summed E-state index contributed by atoms with van der Waals surface area (Å²) < 4.78 is 0. The molecule has 1 aromatic rings. The van der Waals surface area contributed by atoms with Gasteiger partial charge in [-0.1, -0.05) is 0 Å². The summed E-state index contributed by atoms with van der Waals surface area (Å²) in [5.41, 5.74) is 0.965. The number of hydrogen-bond acceptors (Lipinski definition) is 3. The first-order chi connectivity index (χ1) is 9.15. The number of rotatable bonds is 4. The molecule has 0 unspecified atom stereocenters. The average Bonchev–Trinajstić information content (AvgIpc) is 2.40. The first kappa shape index (κ1) is 13.5. The molecule has 19 heavy (non-hydrogen) atoms. The van der Waals surface area contributed by atoms with Gasteiger partial charge >= 0.3 is 5.97 Å². The Morgan fingerprint density at radius 3 is 2.47 bits per heavy atom. The van der Waals surface area contributed by atoms with E-state index in [9.17, 15) is 9.59 Å². The number of pyridine rings is 1. The van der Waals surface area contributed by atoms with E-state index in [4.69, 9.17) is 5.11 Å². The molecule has 0 aliphatic carbocycles. The van der Waals surface area contributed by atoms with Gasteiger partial charge in [-0.05, 0) is 36.5 Å². The Hall–Kier alpha value is -1.91. The Bertz CT molecular complexity index is 439. The molecule has 2 heterocycles. The van der Waals surface area contributed by atoms with Gasteiger partial charge < -0.3 is 10.0 Å². The van der Waals surface area contributed by atoms with Crippen LogP contribution in [0.3, 0.4) is 0 Å². The van der Waals surface area contributed by atoms with Crippen molar-refractivity contribution >= 4 is 11.9 Å². The van der Waals surface area contributed by atoms with Gasteiger partial charge in [0.2, 0.25) is 5.91 Å². The molecule has 5 heteroatoms. The van der Waals surface area contributed by atoms with Gasteiger partial charge in [-0.25, -0.2) is 0 Å². The maximum atomic E-state index is 12.1. The van der Waals surface area contributed by atoms with Crippen LogP contribution in [0, 0.1) is 5.92 Å². The molecule has 0 atom stereocenters. The molecule has 0 aromatic carbocycles. The molecule has 1 aliphatic rings. The van der Waals surface area contributed by atoms with Crippen LogP contribution >= 0.6 is 0 Å². The summed E-state index contributed by atoms with van der Waals surface area (Å²) in [7, 11) is 0. The summed E-state index contributed by atoms with van der Waals surface area (Å²) in [5, 5.41) is 8.75. The normalized spacial score (nSPS) is 16.3. The van der Waals surface area contributed by atoms with E-state index in [2.05, 4.69) is 4.98 Å². The molecule has 0 radical (unpaired) electrons. The van der Waals surface area contributed by atoms with Gasteiger partial charge in [0.15, 0.2) is 0 Å². The summed E-state index contributed by atoms with van der Waals surface area (Å²) in [6.45, 7) is 1.34. The largest absolute Gasteiger partial charge is 0.481 e. The van der Waals surface area contributed by atoms with E-state index in [0.717, 1.165) is 18.4 Å². The number of hydrogen-bond donors (Lipinski definition) is 1. The molecule has 1 N–H and O–H groups in total. The lowest BCUT2D eigenvalue weighted by Crippen LogP contribution is -2.39. The molecule has 0 saturated carbocycles. The maximum Gasteiger partial charge on any atom is 0.303 e. The standard InChI is InChI=1S/C14H18N2O3/c17-13(9-11-1-5-15-6-2-11)16-7-3-12(4-8-16)10-14(18)19/h1-2,5-6,12H,3-4,7-10H2,(H,18,19). The molecule has 1 fully saturated rings. The van der Waals surface area contributed by atoms with Crippen LogP contribution in [0.5, 0.6) is 0 Å². The topological polar surface area (TPSA) is 70.5 Å². The van der Waals surface area contributed by atoms with Crippen molar-refractivity contribution in [1.82, 2.24) is 9.88 Å². The lowest BCUT2D eigenvalue weighted by atomic mass is 9.93. The molecule has 1 aliphatic heterocycles. The lowest BCUT2D eigenvalue weighted by molar-refractivity contribution is -0.138. The quantitative estimate of drug-likeness (QED) is 0.888. The summed E-state index contributed by atoms with van der Waals surface area (Å²) >= 11 is 0. The minimum atomic E-state index is -0.749. The second-order valence-electron chi connectivity index (χ2n) is 4.95. The molecular formula is C14H18N2O3.